The number of aromatic nitrogens is 2. The summed E-state index contributed by atoms with van der Waals surface area (Å²) in [6.07, 6.45) is 3.19. The minimum absolute atomic E-state index is 0.00244. The lowest BCUT2D eigenvalue weighted by molar-refractivity contribution is 0.0642. The van der Waals surface area contributed by atoms with Crippen LogP contribution < -0.4 is 10.2 Å². The Morgan fingerprint density at radius 1 is 1.08 bits per heavy atom. The van der Waals surface area contributed by atoms with Crippen molar-refractivity contribution in [2.24, 2.45) is 0 Å². The summed E-state index contributed by atoms with van der Waals surface area (Å²) in [7, 11) is 4.01. The van der Waals surface area contributed by atoms with E-state index in [1.165, 1.54) is 0 Å². The van der Waals surface area contributed by atoms with Crippen LogP contribution in [0.5, 0.6) is 0 Å². The van der Waals surface area contributed by atoms with Gasteiger partial charge in [0.05, 0.1) is 5.56 Å². The molecule has 1 aliphatic heterocycles. The van der Waals surface area contributed by atoms with Gasteiger partial charge in [-0.05, 0) is 30.8 Å². The molecule has 26 heavy (non-hydrogen) atoms. The number of hydrogen-bond donors (Lipinski definition) is 1. The van der Waals surface area contributed by atoms with Crippen LogP contribution >= 0.6 is 0 Å². The zero-order valence-electron chi connectivity index (χ0n) is 15.6. The van der Waals surface area contributed by atoms with E-state index in [2.05, 4.69) is 27.1 Å². The van der Waals surface area contributed by atoms with Crippen molar-refractivity contribution in [2.45, 2.75) is 6.92 Å². The second-order valence-electron chi connectivity index (χ2n) is 6.59. The highest BCUT2D eigenvalue weighted by Crippen LogP contribution is 2.18. The number of benzene rings is 1. The number of amides is 1. The van der Waals surface area contributed by atoms with Gasteiger partial charge >= 0.3 is 0 Å². The Balaban J connectivity index is 1.60. The summed E-state index contributed by atoms with van der Waals surface area (Å²) in [5.74, 6) is 0.484. The highest BCUT2D eigenvalue weighted by Gasteiger charge is 2.21. The molecule has 138 valence electrons. The first kappa shape index (κ1) is 18.1. The maximum absolute atomic E-state index is 12.6. The van der Waals surface area contributed by atoms with E-state index in [9.17, 15) is 4.79 Å². The first-order valence-corrected chi connectivity index (χ1v) is 8.95. The van der Waals surface area contributed by atoms with E-state index < -0.39 is 0 Å². The van der Waals surface area contributed by atoms with Crippen LogP contribution in [0, 0.1) is 0 Å². The molecule has 0 unspecified atom stereocenters. The van der Waals surface area contributed by atoms with Crippen molar-refractivity contribution in [3.05, 3.63) is 42.2 Å². The van der Waals surface area contributed by atoms with Crippen molar-refractivity contribution in [3.8, 4) is 0 Å². The zero-order valence-corrected chi connectivity index (χ0v) is 15.6. The SMILES string of the molecule is CCN1CCN(C(=O)c2cnc(Nc3ccc(N(C)C)cc3)nc2)CC1. The van der Waals surface area contributed by atoms with E-state index >= 15 is 0 Å². The van der Waals surface area contributed by atoms with Crippen LogP contribution in [0.1, 0.15) is 17.3 Å². The molecule has 1 N–H and O–H groups in total. The van der Waals surface area contributed by atoms with Crippen LogP contribution in [-0.2, 0) is 0 Å². The van der Waals surface area contributed by atoms with Gasteiger partial charge in [-0.2, -0.15) is 0 Å². The normalized spacial score (nSPS) is 15.0. The monoisotopic (exact) mass is 354 g/mol. The third-order valence-corrected chi connectivity index (χ3v) is 4.65. The minimum Gasteiger partial charge on any atom is -0.378 e. The number of carbonyl (C=O) groups excluding carboxylic acids is 1. The summed E-state index contributed by atoms with van der Waals surface area (Å²) in [4.78, 5) is 27.4. The van der Waals surface area contributed by atoms with E-state index in [1.807, 2.05) is 48.2 Å². The first-order chi connectivity index (χ1) is 12.6. The number of nitrogens with one attached hydrogen (secondary N) is 1. The summed E-state index contributed by atoms with van der Waals surface area (Å²) in [6.45, 7) is 6.53. The van der Waals surface area contributed by atoms with E-state index in [-0.39, 0.29) is 5.91 Å². The molecule has 1 aromatic carbocycles. The van der Waals surface area contributed by atoms with Gasteiger partial charge in [0, 0.05) is 64.0 Å². The summed E-state index contributed by atoms with van der Waals surface area (Å²) in [5, 5.41) is 3.16. The van der Waals surface area contributed by atoms with Crippen LogP contribution in [0.4, 0.5) is 17.3 Å². The third kappa shape index (κ3) is 4.29. The highest BCUT2D eigenvalue weighted by molar-refractivity contribution is 5.93. The molecule has 1 saturated heterocycles. The van der Waals surface area contributed by atoms with Crippen LogP contribution in [0.2, 0.25) is 0 Å². The summed E-state index contributed by atoms with van der Waals surface area (Å²) in [5.41, 5.74) is 2.56. The molecular formula is C19H26N6O. The second-order valence-corrected chi connectivity index (χ2v) is 6.59. The van der Waals surface area contributed by atoms with Crippen molar-refractivity contribution in [3.63, 3.8) is 0 Å². The van der Waals surface area contributed by atoms with Crippen molar-refractivity contribution >= 4 is 23.2 Å². The maximum Gasteiger partial charge on any atom is 0.257 e. The number of rotatable bonds is 5. The molecule has 0 spiro atoms. The Bertz CT molecular complexity index is 721. The smallest absolute Gasteiger partial charge is 0.257 e. The maximum atomic E-state index is 12.6. The average molecular weight is 354 g/mol. The summed E-state index contributed by atoms with van der Waals surface area (Å²) < 4.78 is 0. The molecule has 0 radical (unpaired) electrons. The van der Waals surface area contributed by atoms with Gasteiger partial charge in [0.15, 0.2) is 0 Å². The second kappa shape index (κ2) is 8.14. The molecule has 1 amide bonds. The number of piperazine rings is 1. The largest absolute Gasteiger partial charge is 0.378 e. The Kier molecular flexibility index (Phi) is 5.68. The van der Waals surface area contributed by atoms with Gasteiger partial charge in [0.1, 0.15) is 0 Å². The van der Waals surface area contributed by atoms with Gasteiger partial charge in [0.25, 0.3) is 5.91 Å². The molecule has 7 nitrogen and oxygen atoms in total. The van der Waals surface area contributed by atoms with Crippen LogP contribution in [0.15, 0.2) is 36.7 Å². The molecular weight excluding hydrogens is 328 g/mol. The topological polar surface area (TPSA) is 64.6 Å². The van der Waals surface area contributed by atoms with Crippen molar-refractivity contribution < 1.29 is 4.79 Å². The van der Waals surface area contributed by atoms with Crippen LogP contribution in [0.3, 0.4) is 0 Å². The Hall–Kier alpha value is -2.67. The van der Waals surface area contributed by atoms with Crippen molar-refractivity contribution in [1.82, 2.24) is 19.8 Å². The molecule has 0 saturated carbocycles. The fourth-order valence-corrected chi connectivity index (χ4v) is 2.92. The van der Waals surface area contributed by atoms with Crippen molar-refractivity contribution in [1.29, 1.82) is 0 Å². The number of carbonyl (C=O) groups is 1. The molecule has 0 bridgehead atoms. The molecule has 1 aliphatic rings. The molecule has 7 heteroatoms. The standard InChI is InChI=1S/C19H26N6O/c1-4-24-9-11-25(12-10-24)18(26)15-13-20-19(21-14-15)22-16-5-7-17(8-6-16)23(2)3/h5-8,13-14H,4,9-12H2,1-3H3,(H,20,21,22). The lowest BCUT2D eigenvalue weighted by Crippen LogP contribution is -2.48. The third-order valence-electron chi connectivity index (χ3n) is 4.65. The van der Waals surface area contributed by atoms with Gasteiger partial charge in [-0.1, -0.05) is 6.92 Å². The molecule has 0 aliphatic carbocycles. The Labute approximate surface area is 154 Å². The van der Waals surface area contributed by atoms with Gasteiger partial charge in [-0.25, -0.2) is 9.97 Å². The average Bonchev–Trinajstić information content (AvgIpc) is 2.68. The molecule has 3 rings (SSSR count). The Morgan fingerprint density at radius 3 is 2.23 bits per heavy atom. The van der Waals surface area contributed by atoms with E-state index in [0.717, 1.165) is 44.1 Å². The number of likely N-dealkylation sites (N-methyl/N-ethyl adjacent to an activating group) is 1. The van der Waals surface area contributed by atoms with Gasteiger partial charge in [-0.3, -0.25) is 4.79 Å². The van der Waals surface area contributed by atoms with E-state index in [0.29, 0.717) is 11.5 Å². The lowest BCUT2D eigenvalue weighted by atomic mass is 10.2. The van der Waals surface area contributed by atoms with Crippen LogP contribution in [0.25, 0.3) is 0 Å². The van der Waals surface area contributed by atoms with Gasteiger partial charge in [-0.15, -0.1) is 0 Å². The predicted octanol–water partition coefficient (Wildman–Crippen LogP) is 2.06. The fraction of sp³-hybridized carbons (Fsp3) is 0.421. The lowest BCUT2D eigenvalue weighted by Gasteiger charge is -2.33. The predicted molar refractivity (Wildman–Crippen MR) is 104 cm³/mol. The minimum atomic E-state index is 0.00244. The number of nitrogens with zero attached hydrogens (tertiary/aromatic N) is 5. The van der Waals surface area contributed by atoms with E-state index in [1.54, 1.807) is 12.4 Å². The van der Waals surface area contributed by atoms with E-state index in [4.69, 9.17) is 0 Å². The van der Waals surface area contributed by atoms with Gasteiger partial charge < -0.3 is 20.0 Å². The molecule has 0 atom stereocenters. The first-order valence-electron chi connectivity index (χ1n) is 8.95. The van der Waals surface area contributed by atoms with Gasteiger partial charge in [0.2, 0.25) is 5.95 Å². The summed E-state index contributed by atoms with van der Waals surface area (Å²) in [6, 6.07) is 8.00. The molecule has 2 heterocycles. The number of anilines is 3. The highest BCUT2D eigenvalue weighted by atomic mass is 16.2. The molecule has 2 aromatic rings. The van der Waals surface area contributed by atoms with Crippen molar-refractivity contribution in [2.75, 3.05) is 57.0 Å². The summed E-state index contributed by atoms with van der Waals surface area (Å²) >= 11 is 0. The quantitative estimate of drug-likeness (QED) is 0.887. The fourth-order valence-electron chi connectivity index (χ4n) is 2.92. The number of hydrogen-bond acceptors (Lipinski definition) is 6. The zero-order chi connectivity index (χ0) is 18.5. The van der Waals surface area contributed by atoms with Crippen LogP contribution in [-0.4, -0.2) is 72.5 Å². The Morgan fingerprint density at radius 2 is 1.69 bits per heavy atom. The molecule has 1 fully saturated rings. The molecule has 1 aromatic heterocycles.